The van der Waals surface area contributed by atoms with Crippen molar-refractivity contribution in [1.82, 2.24) is 0 Å². The number of carbonyl (C=O) groups excluding carboxylic acids is 1. The first-order valence-corrected chi connectivity index (χ1v) is 7.59. The Balaban J connectivity index is 2.04. The second-order valence-corrected chi connectivity index (χ2v) is 7.20. The summed E-state index contributed by atoms with van der Waals surface area (Å²) in [6, 6.07) is 0. The number of aliphatic hydroxyl groups is 2. The molecule has 20 heavy (non-hydrogen) atoms. The van der Waals surface area contributed by atoms with Crippen LogP contribution in [0.3, 0.4) is 0 Å². The second kappa shape index (κ2) is 4.08. The Morgan fingerprint density at radius 3 is 2.00 bits per heavy atom. The second-order valence-electron chi connectivity index (χ2n) is 7.20. The molecule has 4 saturated carbocycles. The molecule has 0 saturated heterocycles. The molecular weight excluding hydrogens is 256 g/mol. The lowest BCUT2D eigenvalue weighted by Gasteiger charge is -2.67. The minimum absolute atomic E-state index is 0.304. The van der Waals surface area contributed by atoms with E-state index in [9.17, 15) is 15.0 Å². The fraction of sp³-hybridized carbons (Fsp3) is 0.812. The molecule has 4 heteroatoms. The van der Waals surface area contributed by atoms with Crippen molar-refractivity contribution in [3.8, 4) is 0 Å². The normalized spacial score (nSPS) is 49.2. The third-order valence-electron chi connectivity index (χ3n) is 5.79. The molecule has 4 fully saturated rings. The molecule has 4 rings (SSSR count). The predicted octanol–water partition coefficient (Wildman–Crippen LogP) is 1.94. The SMILES string of the molecule is C=C(C)C(=O)OC1(CC)C2(O)CC3CC(C2)CC1(O)C3. The highest BCUT2D eigenvalue weighted by molar-refractivity contribution is 5.87. The standard InChI is InChI=1S/C16H24O4/c1-4-16(20-13(17)10(2)3)14(18)6-11-5-12(8-14)9-15(16,19)7-11/h11-12,18-19H,2,4-9H2,1,3H3. The lowest BCUT2D eigenvalue weighted by Crippen LogP contribution is -2.78. The molecule has 0 aromatic rings. The van der Waals surface area contributed by atoms with Crippen LogP contribution in [0.4, 0.5) is 0 Å². The van der Waals surface area contributed by atoms with Crippen molar-refractivity contribution in [3.63, 3.8) is 0 Å². The molecule has 0 heterocycles. The van der Waals surface area contributed by atoms with Gasteiger partial charge in [-0.15, -0.1) is 0 Å². The zero-order chi connectivity index (χ0) is 14.8. The Morgan fingerprint density at radius 2 is 1.65 bits per heavy atom. The molecule has 4 aliphatic rings. The van der Waals surface area contributed by atoms with Crippen LogP contribution in [0.1, 0.15) is 52.4 Å². The van der Waals surface area contributed by atoms with Gasteiger partial charge in [-0.2, -0.15) is 0 Å². The average molecular weight is 280 g/mol. The van der Waals surface area contributed by atoms with Crippen molar-refractivity contribution in [2.75, 3.05) is 0 Å². The minimum atomic E-state index is -1.18. The van der Waals surface area contributed by atoms with Crippen molar-refractivity contribution >= 4 is 5.97 Å². The topological polar surface area (TPSA) is 66.8 Å². The van der Waals surface area contributed by atoms with Gasteiger partial charge in [0.15, 0.2) is 5.60 Å². The first-order valence-electron chi connectivity index (χ1n) is 7.59. The van der Waals surface area contributed by atoms with E-state index in [2.05, 4.69) is 6.58 Å². The summed E-state index contributed by atoms with van der Waals surface area (Å²) in [5.74, 6) is 0.183. The van der Waals surface area contributed by atoms with E-state index in [4.69, 9.17) is 4.74 Å². The highest BCUT2D eigenvalue weighted by atomic mass is 16.6. The minimum Gasteiger partial charge on any atom is -0.450 e. The summed E-state index contributed by atoms with van der Waals surface area (Å²) in [5, 5.41) is 22.3. The summed E-state index contributed by atoms with van der Waals surface area (Å²) in [5.41, 5.74) is -3.06. The van der Waals surface area contributed by atoms with Gasteiger partial charge in [-0.3, -0.25) is 0 Å². The van der Waals surface area contributed by atoms with Crippen LogP contribution in [0.2, 0.25) is 0 Å². The van der Waals surface area contributed by atoms with Crippen LogP contribution in [0.5, 0.6) is 0 Å². The molecule has 0 aliphatic heterocycles. The molecule has 4 bridgehead atoms. The van der Waals surface area contributed by atoms with Crippen LogP contribution in [-0.2, 0) is 9.53 Å². The summed E-state index contributed by atoms with van der Waals surface area (Å²) in [4.78, 5) is 12.0. The molecular formula is C16H24O4. The van der Waals surface area contributed by atoms with Gasteiger partial charge in [-0.05, 0) is 57.3 Å². The third-order valence-corrected chi connectivity index (χ3v) is 5.79. The van der Waals surface area contributed by atoms with E-state index in [1.807, 2.05) is 6.92 Å². The van der Waals surface area contributed by atoms with E-state index in [0.717, 1.165) is 6.42 Å². The van der Waals surface area contributed by atoms with Gasteiger partial charge in [-0.1, -0.05) is 13.5 Å². The Bertz CT molecular complexity index is 431. The van der Waals surface area contributed by atoms with Crippen LogP contribution in [-0.4, -0.2) is 33.0 Å². The molecule has 112 valence electrons. The lowest BCUT2D eigenvalue weighted by atomic mass is 9.45. The van der Waals surface area contributed by atoms with E-state index >= 15 is 0 Å². The maximum atomic E-state index is 12.0. The summed E-state index contributed by atoms with van der Waals surface area (Å²) in [6.45, 7) is 7.08. The zero-order valence-corrected chi connectivity index (χ0v) is 12.3. The molecule has 0 aromatic carbocycles. The monoisotopic (exact) mass is 280 g/mol. The van der Waals surface area contributed by atoms with Crippen LogP contribution >= 0.6 is 0 Å². The molecule has 2 N–H and O–H groups in total. The molecule has 0 aromatic heterocycles. The van der Waals surface area contributed by atoms with E-state index in [0.29, 0.717) is 49.5 Å². The van der Waals surface area contributed by atoms with Crippen LogP contribution < -0.4 is 0 Å². The molecule has 0 amide bonds. The van der Waals surface area contributed by atoms with Gasteiger partial charge in [0.25, 0.3) is 0 Å². The summed E-state index contributed by atoms with van der Waals surface area (Å²) >= 11 is 0. The first-order chi connectivity index (χ1) is 9.25. The number of rotatable bonds is 3. The van der Waals surface area contributed by atoms with E-state index in [1.54, 1.807) is 6.92 Å². The Kier molecular flexibility index (Phi) is 2.87. The van der Waals surface area contributed by atoms with Crippen molar-refractivity contribution in [1.29, 1.82) is 0 Å². The van der Waals surface area contributed by atoms with Gasteiger partial charge < -0.3 is 14.9 Å². The maximum absolute atomic E-state index is 12.0. The van der Waals surface area contributed by atoms with Crippen molar-refractivity contribution < 1.29 is 19.7 Å². The quantitative estimate of drug-likeness (QED) is 0.612. The predicted molar refractivity (Wildman–Crippen MR) is 73.9 cm³/mol. The number of carbonyl (C=O) groups is 1. The number of hydrogen-bond acceptors (Lipinski definition) is 4. The van der Waals surface area contributed by atoms with E-state index in [1.165, 1.54) is 0 Å². The molecule has 4 nitrogen and oxygen atoms in total. The average Bonchev–Trinajstić information content (AvgIpc) is 2.31. The fourth-order valence-corrected chi connectivity index (χ4v) is 5.28. The van der Waals surface area contributed by atoms with Gasteiger partial charge in [0.05, 0.1) is 0 Å². The first kappa shape index (κ1) is 14.1. The Hall–Kier alpha value is -0.870. The summed E-state index contributed by atoms with van der Waals surface area (Å²) in [7, 11) is 0. The lowest BCUT2D eigenvalue weighted by molar-refractivity contribution is -0.331. The van der Waals surface area contributed by atoms with Gasteiger partial charge in [0.2, 0.25) is 0 Å². The van der Waals surface area contributed by atoms with Gasteiger partial charge in [-0.25, -0.2) is 4.79 Å². The summed E-state index contributed by atoms with van der Waals surface area (Å²) < 4.78 is 5.69. The fourth-order valence-electron chi connectivity index (χ4n) is 5.28. The molecule has 0 atom stereocenters. The van der Waals surface area contributed by atoms with Crippen LogP contribution in [0.25, 0.3) is 0 Å². The molecule has 0 radical (unpaired) electrons. The van der Waals surface area contributed by atoms with Crippen molar-refractivity contribution in [2.24, 2.45) is 11.8 Å². The van der Waals surface area contributed by atoms with Crippen molar-refractivity contribution in [3.05, 3.63) is 12.2 Å². The van der Waals surface area contributed by atoms with E-state index in [-0.39, 0.29) is 0 Å². The number of esters is 1. The zero-order valence-electron chi connectivity index (χ0n) is 12.3. The molecule has 4 aliphatic carbocycles. The number of hydrogen-bond donors (Lipinski definition) is 2. The van der Waals surface area contributed by atoms with Crippen LogP contribution in [0, 0.1) is 11.8 Å². The third kappa shape index (κ3) is 1.58. The van der Waals surface area contributed by atoms with Crippen molar-refractivity contribution in [2.45, 2.75) is 69.2 Å². The van der Waals surface area contributed by atoms with E-state index < -0.39 is 22.8 Å². The van der Waals surface area contributed by atoms with Gasteiger partial charge in [0, 0.05) is 5.57 Å². The smallest absolute Gasteiger partial charge is 0.333 e. The molecule has 0 spiro atoms. The highest BCUT2D eigenvalue weighted by Crippen LogP contribution is 2.64. The number of ether oxygens (including phenoxy) is 1. The summed E-state index contributed by atoms with van der Waals surface area (Å²) in [6.07, 6.45) is 4.02. The Labute approximate surface area is 119 Å². The Morgan fingerprint density at radius 1 is 1.20 bits per heavy atom. The maximum Gasteiger partial charge on any atom is 0.333 e. The molecule has 0 unspecified atom stereocenters. The highest BCUT2D eigenvalue weighted by Gasteiger charge is 2.73. The van der Waals surface area contributed by atoms with Gasteiger partial charge in [0.1, 0.15) is 11.2 Å². The largest absolute Gasteiger partial charge is 0.450 e. The van der Waals surface area contributed by atoms with Gasteiger partial charge >= 0.3 is 5.97 Å². The van der Waals surface area contributed by atoms with Crippen LogP contribution in [0.15, 0.2) is 12.2 Å².